The molecular weight excluding hydrogens is 380 g/mol. The van der Waals surface area contributed by atoms with Crippen LogP contribution in [0.1, 0.15) is 24.0 Å². The molecule has 2 aromatic rings. The van der Waals surface area contributed by atoms with E-state index in [9.17, 15) is 8.78 Å². The summed E-state index contributed by atoms with van der Waals surface area (Å²) < 4.78 is 27.5. The first kappa shape index (κ1) is 20.5. The third-order valence-corrected chi connectivity index (χ3v) is 5.67. The zero-order chi connectivity index (χ0) is 19.9. The summed E-state index contributed by atoms with van der Waals surface area (Å²) in [6.07, 6.45) is 1.89. The smallest absolute Gasteiger partial charge is 0.194 e. The molecule has 0 bridgehead atoms. The van der Waals surface area contributed by atoms with Gasteiger partial charge in [-0.1, -0.05) is 0 Å². The molecule has 1 aromatic heterocycles. The van der Waals surface area contributed by atoms with E-state index >= 15 is 0 Å². The van der Waals surface area contributed by atoms with Crippen LogP contribution in [0.5, 0.6) is 0 Å². The molecule has 28 heavy (non-hydrogen) atoms. The van der Waals surface area contributed by atoms with Gasteiger partial charge in [0.1, 0.15) is 11.6 Å². The SMILES string of the molecule is CCNC(=NCCCc1nc(C)cs1)N1CCN(c2cc(F)ccc2F)CC1. The summed E-state index contributed by atoms with van der Waals surface area (Å²) in [5.74, 6) is 0.0918. The highest BCUT2D eigenvalue weighted by atomic mass is 32.1. The van der Waals surface area contributed by atoms with Gasteiger partial charge in [0, 0.05) is 62.8 Å². The maximum atomic E-state index is 14.0. The Bertz CT molecular complexity index is 800. The number of nitrogens with one attached hydrogen (secondary N) is 1. The highest BCUT2D eigenvalue weighted by molar-refractivity contribution is 7.09. The predicted molar refractivity (Wildman–Crippen MR) is 111 cm³/mol. The number of benzene rings is 1. The second-order valence-corrected chi connectivity index (χ2v) is 7.73. The molecule has 1 saturated heterocycles. The fraction of sp³-hybridized carbons (Fsp3) is 0.500. The van der Waals surface area contributed by atoms with E-state index in [4.69, 9.17) is 4.99 Å². The molecule has 8 heteroatoms. The largest absolute Gasteiger partial charge is 0.366 e. The normalized spacial score (nSPS) is 15.2. The van der Waals surface area contributed by atoms with Gasteiger partial charge in [0.25, 0.3) is 0 Å². The van der Waals surface area contributed by atoms with Gasteiger partial charge in [0.15, 0.2) is 5.96 Å². The average Bonchev–Trinajstić information content (AvgIpc) is 3.11. The lowest BCUT2D eigenvalue weighted by Crippen LogP contribution is -2.52. The van der Waals surface area contributed by atoms with Gasteiger partial charge in [-0.2, -0.15) is 0 Å². The molecule has 0 atom stereocenters. The molecular formula is C20H27F2N5S. The van der Waals surface area contributed by atoms with Gasteiger partial charge in [0.2, 0.25) is 0 Å². The van der Waals surface area contributed by atoms with E-state index in [0.717, 1.165) is 48.7 Å². The Kier molecular flexibility index (Phi) is 7.19. The molecule has 1 aromatic carbocycles. The average molecular weight is 408 g/mol. The highest BCUT2D eigenvalue weighted by Gasteiger charge is 2.22. The number of hydrogen-bond donors (Lipinski definition) is 1. The minimum atomic E-state index is -0.413. The van der Waals surface area contributed by atoms with Crippen molar-refractivity contribution in [2.45, 2.75) is 26.7 Å². The molecule has 0 aliphatic carbocycles. The van der Waals surface area contributed by atoms with E-state index in [1.165, 1.54) is 12.1 Å². The second-order valence-electron chi connectivity index (χ2n) is 6.79. The van der Waals surface area contributed by atoms with Gasteiger partial charge < -0.3 is 15.1 Å². The Hall–Kier alpha value is -2.22. The third kappa shape index (κ3) is 5.41. The van der Waals surface area contributed by atoms with E-state index in [1.54, 1.807) is 11.3 Å². The number of hydrogen-bond acceptors (Lipinski definition) is 4. The Morgan fingerprint density at radius 2 is 2.04 bits per heavy atom. The number of aryl methyl sites for hydroxylation is 2. The van der Waals surface area contributed by atoms with Crippen molar-refractivity contribution in [3.63, 3.8) is 0 Å². The van der Waals surface area contributed by atoms with Crippen LogP contribution in [-0.2, 0) is 6.42 Å². The fourth-order valence-corrected chi connectivity index (χ4v) is 4.06. The van der Waals surface area contributed by atoms with Crippen molar-refractivity contribution in [1.29, 1.82) is 0 Å². The number of guanidine groups is 1. The number of aliphatic imine (C=N–C) groups is 1. The number of thiazole rings is 1. The van der Waals surface area contributed by atoms with Crippen molar-refractivity contribution >= 4 is 23.0 Å². The Balaban J connectivity index is 1.54. The lowest BCUT2D eigenvalue weighted by molar-refractivity contribution is 0.370. The van der Waals surface area contributed by atoms with Crippen LogP contribution in [0.4, 0.5) is 14.5 Å². The molecule has 0 unspecified atom stereocenters. The predicted octanol–water partition coefficient (Wildman–Crippen LogP) is 3.45. The van der Waals surface area contributed by atoms with Crippen LogP contribution in [0, 0.1) is 18.6 Å². The topological polar surface area (TPSA) is 43.8 Å². The van der Waals surface area contributed by atoms with Gasteiger partial charge >= 0.3 is 0 Å². The van der Waals surface area contributed by atoms with Crippen molar-refractivity contribution in [3.05, 3.63) is 45.9 Å². The van der Waals surface area contributed by atoms with Gasteiger partial charge in [0.05, 0.1) is 10.7 Å². The first-order valence-electron chi connectivity index (χ1n) is 9.71. The molecule has 0 radical (unpaired) electrons. The number of aromatic nitrogens is 1. The van der Waals surface area contributed by atoms with E-state index in [-0.39, 0.29) is 5.82 Å². The van der Waals surface area contributed by atoms with Gasteiger partial charge in [-0.3, -0.25) is 4.99 Å². The maximum Gasteiger partial charge on any atom is 0.194 e. The van der Waals surface area contributed by atoms with E-state index in [0.29, 0.717) is 31.9 Å². The van der Waals surface area contributed by atoms with Crippen LogP contribution in [-0.4, -0.2) is 55.1 Å². The Morgan fingerprint density at radius 3 is 2.71 bits per heavy atom. The van der Waals surface area contributed by atoms with Gasteiger partial charge in [-0.05, 0) is 32.4 Å². The molecule has 1 aliphatic heterocycles. The molecule has 0 amide bonds. The molecule has 3 rings (SSSR count). The van der Waals surface area contributed by atoms with Crippen LogP contribution >= 0.6 is 11.3 Å². The van der Waals surface area contributed by atoms with Gasteiger partial charge in [-0.15, -0.1) is 11.3 Å². The van der Waals surface area contributed by atoms with Crippen molar-refractivity contribution in [1.82, 2.24) is 15.2 Å². The second kappa shape index (κ2) is 9.82. The Morgan fingerprint density at radius 1 is 1.25 bits per heavy atom. The minimum Gasteiger partial charge on any atom is -0.366 e. The molecule has 1 aliphatic rings. The first-order chi connectivity index (χ1) is 13.6. The number of piperazine rings is 1. The van der Waals surface area contributed by atoms with Crippen LogP contribution in [0.3, 0.4) is 0 Å². The Labute approximate surface area is 169 Å². The molecule has 0 saturated carbocycles. The zero-order valence-electron chi connectivity index (χ0n) is 16.4. The number of rotatable bonds is 6. The van der Waals surface area contributed by atoms with E-state index in [2.05, 4.69) is 20.6 Å². The van der Waals surface area contributed by atoms with Crippen LogP contribution in [0.15, 0.2) is 28.6 Å². The third-order valence-electron chi connectivity index (χ3n) is 4.64. The summed E-state index contributed by atoms with van der Waals surface area (Å²) in [6.45, 7) is 8.28. The van der Waals surface area contributed by atoms with Crippen LogP contribution in [0.25, 0.3) is 0 Å². The van der Waals surface area contributed by atoms with Crippen LogP contribution in [0.2, 0.25) is 0 Å². The zero-order valence-corrected chi connectivity index (χ0v) is 17.2. The highest BCUT2D eigenvalue weighted by Crippen LogP contribution is 2.22. The lowest BCUT2D eigenvalue weighted by atomic mass is 10.2. The number of nitrogens with zero attached hydrogens (tertiary/aromatic N) is 4. The van der Waals surface area contributed by atoms with Crippen LogP contribution < -0.4 is 10.2 Å². The molecule has 5 nitrogen and oxygen atoms in total. The summed E-state index contributed by atoms with van der Waals surface area (Å²) in [6, 6.07) is 3.61. The summed E-state index contributed by atoms with van der Waals surface area (Å²) >= 11 is 1.70. The first-order valence-corrected chi connectivity index (χ1v) is 10.6. The molecule has 1 N–H and O–H groups in total. The monoisotopic (exact) mass is 407 g/mol. The fourth-order valence-electron chi connectivity index (χ4n) is 3.25. The molecule has 2 heterocycles. The summed E-state index contributed by atoms with van der Waals surface area (Å²) in [7, 11) is 0. The molecule has 0 spiro atoms. The summed E-state index contributed by atoms with van der Waals surface area (Å²) in [5.41, 5.74) is 1.41. The van der Waals surface area contributed by atoms with E-state index < -0.39 is 5.82 Å². The van der Waals surface area contributed by atoms with Crippen molar-refractivity contribution < 1.29 is 8.78 Å². The number of halogens is 2. The van der Waals surface area contributed by atoms with Crippen molar-refractivity contribution in [2.24, 2.45) is 4.99 Å². The standard InChI is InChI=1S/C20H27F2N5S/c1-3-23-20(24-8-4-5-19-25-15(2)14-28-19)27-11-9-26(10-12-27)18-13-16(21)6-7-17(18)22/h6-7,13-14H,3-5,8-12H2,1-2H3,(H,23,24). The quantitative estimate of drug-likeness (QED) is 0.453. The molecule has 1 fully saturated rings. The summed E-state index contributed by atoms with van der Waals surface area (Å²) in [5, 5.41) is 6.57. The molecule has 152 valence electrons. The lowest BCUT2D eigenvalue weighted by Gasteiger charge is -2.37. The van der Waals surface area contributed by atoms with Crippen molar-refractivity contribution in [2.75, 3.05) is 44.2 Å². The number of anilines is 1. The van der Waals surface area contributed by atoms with Crippen molar-refractivity contribution in [3.8, 4) is 0 Å². The van der Waals surface area contributed by atoms with Gasteiger partial charge in [-0.25, -0.2) is 13.8 Å². The van der Waals surface area contributed by atoms with E-state index in [1.807, 2.05) is 18.7 Å². The minimum absolute atomic E-state index is 0.334. The maximum absolute atomic E-state index is 14.0. The summed E-state index contributed by atoms with van der Waals surface area (Å²) in [4.78, 5) is 13.3.